The first-order valence-electron chi connectivity index (χ1n) is 5.13. The first-order valence-corrected chi connectivity index (χ1v) is 5.13. The first kappa shape index (κ1) is 9.96. The van der Waals surface area contributed by atoms with Crippen molar-refractivity contribution in [2.75, 3.05) is 0 Å². The molecular formula is C11H13NO3. The Morgan fingerprint density at radius 1 is 1.67 bits per heavy atom. The topological polar surface area (TPSA) is 70.2 Å². The van der Waals surface area contributed by atoms with Gasteiger partial charge in [-0.1, -0.05) is 6.92 Å². The highest BCUT2D eigenvalue weighted by Crippen LogP contribution is 2.33. The van der Waals surface area contributed by atoms with Crippen LogP contribution >= 0.6 is 0 Å². The Hall–Kier alpha value is -1.58. The quantitative estimate of drug-likeness (QED) is 0.772. The molecule has 0 fully saturated rings. The van der Waals surface area contributed by atoms with E-state index in [-0.39, 0.29) is 5.56 Å². The van der Waals surface area contributed by atoms with Gasteiger partial charge in [0.1, 0.15) is 5.56 Å². The predicted molar refractivity (Wildman–Crippen MR) is 55.4 cm³/mol. The van der Waals surface area contributed by atoms with Crippen molar-refractivity contribution in [3.63, 3.8) is 0 Å². The number of pyridine rings is 1. The number of rotatable bonds is 2. The minimum atomic E-state index is -1.15. The zero-order valence-electron chi connectivity index (χ0n) is 8.54. The predicted octanol–water partition coefficient (Wildman–Crippen LogP) is 1.51. The second-order valence-electron chi connectivity index (χ2n) is 3.90. The summed E-state index contributed by atoms with van der Waals surface area (Å²) in [5.74, 6) is -0.754. The van der Waals surface area contributed by atoms with Crippen LogP contribution in [0, 0.1) is 0 Å². The lowest BCUT2D eigenvalue weighted by Gasteiger charge is -2.07. The van der Waals surface area contributed by atoms with Gasteiger partial charge >= 0.3 is 5.97 Å². The SMILES string of the molecule is CCC1CCc2[nH]c(=O)c(C(=O)O)cc21. The number of nitrogens with one attached hydrogen (secondary N) is 1. The van der Waals surface area contributed by atoms with Crippen LogP contribution < -0.4 is 5.56 Å². The Bertz CT molecular complexity index is 461. The summed E-state index contributed by atoms with van der Waals surface area (Å²) in [6, 6.07) is 1.54. The average molecular weight is 207 g/mol. The Kier molecular flexibility index (Phi) is 2.34. The molecule has 0 saturated heterocycles. The van der Waals surface area contributed by atoms with Crippen molar-refractivity contribution in [3.05, 3.63) is 33.2 Å². The number of hydrogen-bond donors (Lipinski definition) is 2. The number of carboxylic acids is 1. The molecule has 1 unspecified atom stereocenters. The van der Waals surface area contributed by atoms with Crippen molar-refractivity contribution >= 4 is 5.97 Å². The van der Waals surface area contributed by atoms with E-state index in [2.05, 4.69) is 11.9 Å². The van der Waals surface area contributed by atoms with Gasteiger partial charge in [0.25, 0.3) is 5.56 Å². The number of aromatic amines is 1. The lowest BCUT2D eigenvalue weighted by Crippen LogP contribution is -2.19. The highest BCUT2D eigenvalue weighted by molar-refractivity contribution is 5.87. The highest BCUT2D eigenvalue weighted by atomic mass is 16.4. The number of fused-ring (bicyclic) bond motifs is 1. The molecule has 0 aliphatic heterocycles. The first-order chi connectivity index (χ1) is 7.13. The maximum atomic E-state index is 11.4. The van der Waals surface area contributed by atoms with Crippen molar-refractivity contribution in [1.82, 2.24) is 4.98 Å². The number of aromatic carboxylic acids is 1. The fraction of sp³-hybridized carbons (Fsp3) is 0.455. The van der Waals surface area contributed by atoms with E-state index in [1.807, 2.05) is 0 Å². The zero-order valence-corrected chi connectivity index (χ0v) is 8.54. The fourth-order valence-electron chi connectivity index (χ4n) is 2.21. The third kappa shape index (κ3) is 1.56. The third-order valence-electron chi connectivity index (χ3n) is 3.06. The van der Waals surface area contributed by atoms with E-state index in [9.17, 15) is 9.59 Å². The van der Waals surface area contributed by atoms with Crippen LogP contribution in [-0.4, -0.2) is 16.1 Å². The molecule has 15 heavy (non-hydrogen) atoms. The van der Waals surface area contributed by atoms with Gasteiger partial charge in [0.05, 0.1) is 0 Å². The molecule has 4 nitrogen and oxygen atoms in total. The zero-order chi connectivity index (χ0) is 11.0. The highest BCUT2D eigenvalue weighted by Gasteiger charge is 2.24. The van der Waals surface area contributed by atoms with Crippen LogP contribution in [0.3, 0.4) is 0 Å². The van der Waals surface area contributed by atoms with Crippen LogP contribution in [0.5, 0.6) is 0 Å². The lowest BCUT2D eigenvalue weighted by atomic mass is 9.99. The smallest absolute Gasteiger partial charge is 0.341 e. The van der Waals surface area contributed by atoms with Crippen molar-refractivity contribution in [2.24, 2.45) is 0 Å². The fourth-order valence-corrected chi connectivity index (χ4v) is 2.21. The second-order valence-corrected chi connectivity index (χ2v) is 3.90. The van der Waals surface area contributed by atoms with Gasteiger partial charge < -0.3 is 10.1 Å². The molecule has 0 amide bonds. The van der Waals surface area contributed by atoms with Crippen LogP contribution in [-0.2, 0) is 6.42 Å². The number of hydrogen-bond acceptors (Lipinski definition) is 2. The normalized spacial score (nSPS) is 18.9. The van der Waals surface area contributed by atoms with Crippen LogP contribution in [0.15, 0.2) is 10.9 Å². The van der Waals surface area contributed by atoms with Crippen molar-refractivity contribution in [1.29, 1.82) is 0 Å². The van der Waals surface area contributed by atoms with Crippen molar-refractivity contribution < 1.29 is 9.90 Å². The van der Waals surface area contributed by atoms with E-state index in [1.54, 1.807) is 0 Å². The second kappa shape index (κ2) is 3.53. The van der Waals surface area contributed by atoms with Crippen LogP contribution in [0.4, 0.5) is 0 Å². The summed E-state index contributed by atoms with van der Waals surface area (Å²) in [4.78, 5) is 24.8. The van der Waals surface area contributed by atoms with Gasteiger partial charge in [0.2, 0.25) is 0 Å². The molecule has 0 bridgehead atoms. The summed E-state index contributed by atoms with van der Waals surface area (Å²) in [6.45, 7) is 2.07. The maximum Gasteiger partial charge on any atom is 0.341 e. The summed E-state index contributed by atoms with van der Waals surface area (Å²) in [5, 5.41) is 8.84. The molecule has 1 aromatic rings. The largest absolute Gasteiger partial charge is 0.477 e. The number of aryl methyl sites for hydroxylation is 1. The van der Waals surface area contributed by atoms with E-state index in [0.717, 1.165) is 30.5 Å². The van der Waals surface area contributed by atoms with Crippen LogP contribution in [0.25, 0.3) is 0 Å². The molecule has 0 aromatic carbocycles. The molecular weight excluding hydrogens is 194 g/mol. The van der Waals surface area contributed by atoms with Gasteiger partial charge in [-0.3, -0.25) is 4.79 Å². The molecule has 0 spiro atoms. The van der Waals surface area contributed by atoms with Gasteiger partial charge in [-0.05, 0) is 36.8 Å². The summed E-state index contributed by atoms with van der Waals surface area (Å²) >= 11 is 0. The monoisotopic (exact) mass is 207 g/mol. The maximum absolute atomic E-state index is 11.4. The van der Waals surface area contributed by atoms with Crippen molar-refractivity contribution in [2.45, 2.75) is 32.1 Å². The van der Waals surface area contributed by atoms with Gasteiger partial charge in [-0.15, -0.1) is 0 Å². The van der Waals surface area contributed by atoms with Gasteiger partial charge in [0, 0.05) is 5.69 Å². The molecule has 1 heterocycles. The molecule has 2 rings (SSSR count). The van der Waals surface area contributed by atoms with Gasteiger partial charge in [0.15, 0.2) is 0 Å². The summed E-state index contributed by atoms with van der Waals surface area (Å²) < 4.78 is 0. The van der Waals surface area contributed by atoms with E-state index in [1.165, 1.54) is 6.07 Å². The number of carboxylic acid groups (broad SMARTS) is 1. The number of aromatic nitrogens is 1. The minimum absolute atomic E-state index is 0.144. The summed E-state index contributed by atoms with van der Waals surface area (Å²) in [7, 11) is 0. The molecule has 2 N–H and O–H groups in total. The summed E-state index contributed by atoms with van der Waals surface area (Å²) in [6.07, 6.45) is 2.84. The summed E-state index contributed by atoms with van der Waals surface area (Å²) in [5.41, 5.74) is 1.29. The molecule has 1 atom stereocenters. The molecule has 80 valence electrons. The molecule has 0 saturated carbocycles. The molecule has 1 aliphatic carbocycles. The van der Waals surface area contributed by atoms with Gasteiger partial charge in [-0.2, -0.15) is 0 Å². The Labute approximate surface area is 87.0 Å². The van der Waals surface area contributed by atoms with E-state index >= 15 is 0 Å². The number of carbonyl (C=O) groups is 1. The minimum Gasteiger partial charge on any atom is -0.477 e. The average Bonchev–Trinajstić information content (AvgIpc) is 2.58. The third-order valence-corrected chi connectivity index (χ3v) is 3.06. The van der Waals surface area contributed by atoms with E-state index in [4.69, 9.17) is 5.11 Å². The molecule has 4 heteroatoms. The van der Waals surface area contributed by atoms with Crippen LogP contribution in [0.2, 0.25) is 0 Å². The standard InChI is InChI=1S/C11H13NO3/c1-2-6-3-4-9-7(6)5-8(11(14)15)10(13)12-9/h5-6H,2-4H2,1H3,(H,12,13)(H,14,15). The Morgan fingerprint density at radius 3 is 3.00 bits per heavy atom. The van der Waals surface area contributed by atoms with Crippen molar-refractivity contribution in [3.8, 4) is 0 Å². The van der Waals surface area contributed by atoms with E-state index < -0.39 is 11.5 Å². The molecule has 0 radical (unpaired) electrons. The Morgan fingerprint density at radius 2 is 2.40 bits per heavy atom. The molecule has 1 aliphatic rings. The Balaban J connectivity index is 2.56. The van der Waals surface area contributed by atoms with Gasteiger partial charge in [-0.25, -0.2) is 4.79 Å². The van der Waals surface area contributed by atoms with Crippen LogP contribution in [0.1, 0.15) is 47.3 Å². The number of H-pyrrole nitrogens is 1. The molecule has 1 aromatic heterocycles. The van der Waals surface area contributed by atoms with E-state index in [0.29, 0.717) is 5.92 Å². The lowest BCUT2D eigenvalue weighted by molar-refractivity contribution is 0.0695.